The SMILES string of the molecule is C=C1C(=O)N(CCCNCCCCNCCCN2C(=O)CC/C=C\C3C=CC=C(C2=O)C3C)C(=O)c2cccc(/C=C\C)c21. The summed E-state index contributed by atoms with van der Waals surface area (Å²) in [6.07, 6.45) is 18.2. The van der Waals surface area contributed by atoms with Crippen LogP contribution in [0.2, 0.25) is 0 Å². The second-order valence-electron chi connectivity index (χ2n) is 11.6. The van der Waals surface area contributed by atoms with E-state index in [0.717, 1.165) is 38.0 Å². The van der Waals surface area contributed by atoms with Gasteiger partial charge in [-0.2, -0.15) is 0 Å². The molecular weight excluding hydrogens is 552 g/mol. The minimum Gasteiger partial charge on any atom is -0.317 e. The maximum absolute atomic E-state index is 13.2. The second kappa shape index (κ2) is 16.3. The van der Waals surface area contributed by atoms with Gasteiger partial charge in [0.25, 0.3) is 17.7 Å². The van der Waals surface area contributed by atoms with Gasteiger partial charge in [-0.25, -0.2) is 0 Å². The standard InChI is InChI=1S/C36H46N4O4/c1-4-13-29-16-10-18-31-33(29)27(3)34(42)40(36(31)44)25-12-23-38-21-8-7-20-37-22-11-24-39-32(41)19-6-5-14-28-15-9-17-30(26(28)2)35(39)43/h4-5,9-10,13-18,26,28,37-38H,3,6-8,11-12,19-25H2,1-2H3/b13-4-,14-5-. The predicted octanol–water partition coefficient (Wildman–Crippen LogP) is 4.91. The molecule has 44 heavy (non-hydrogen) atoms. The van der Waals surface area contributed by atoms with E-state index in [1.807, 2.05) is 43.4 Å². The molecule has 234 valence electrons. The lowest BCUT2D eigenvalue weighted by molar-refractivity contribution is -0.143. The molecule has 4 rings (SSSR count). The normalized spacial score (nSPS) is 21.2. The fourth-order valence-electron chi connectivity index (χ4n) is 5.99. The van der Waals surface area contributed by atoms with Gasteiger partial charge < -0.3 is 10.6 Å². The Bertz CT molecular complexity index is 1370. The minimum absolute atomic E-state index is 0.0628. The van der Waals surface area contributed by atoms with Crippen LogP contribution in [0, 0.1) is 11.8 Å². The molecule has 8 nitrogen and oxygen atoms in total. The molecule has 2 bridgehead atoms. The summed E-state index contributed by atoms with van der Waals surface area (Å²) in [5.74, 6) is -0.573. The Morgan fingerprint density at radius 2 is 1.57 bits per heavy atom. The first-order valence-electron chi connectivity index (χ1n) is 16.0. The van der Waals surface area contributed by atoms with Gasteiger partial charge in [-0.1, -0.05) is 68.2 Å². The van der Waals surface area contributed by atoms with Crippen LogP contribution in [0.4, 0.5) is 0 Å². The van der Waals surface area contributed by atoms with Crippen LogP contribution in [-0.2, 0) is 14.4 Å². The number of hydrogen-bond acceptors (Lipinski definition) is 6. The van der Waals surface area contributed by atoms with Crippen LogP contribution in [-0.4, -0.2) is 72.7 Å². The largest absolute Gasteiger partial charge is 0.317 e. The molecular formula is C36H46N4O4. The summed E-state index contributed by atoms with van der Waals surface area (Å²) in [6.45, 7) is 11.9. The monoisotopic (exact) mass is 598 g/mol. The van der Waals surface area contributed by atoms with Crippen LogP contribution in [0.1, 0.15) is 73.9 Å². The first-order valence-corrected chi connectivity index (χ1v) is 16.0. The van der Waals surface area contributed by atoms with Gasteiger partial charge in [0.2, 0.25) is 5.91 Å². The lowest BCUT2D eigenvalue weighted by atomic mass is 9.82. The third kappa shape index (κ3) is 7.98. The maximum atomic E-state index is 13.2. The van der Waals surface area contributed by atoms with Crippen molar-refractivity contribution in [2.24, 2.45) is 11.8 Å². The molecule has 1 aromatic rings. The number of nitrogens with one attached hydrogen (secondary N) is 2. The van der Waals surface area contributed by atoms with E-state index < -0.39 is 0 Å². The van der Waals surface area contributed by atoms with E-state index in [9.17, 15) is 19.2 Å². The highest BCUT2D eigenvalue weighted by Gasteiger charge is 2.34. The number of nitrogens with zero attached hydrogens (tertiary/aromatic N) is 2. The average molecular weight is 599 g/mol. The number of carbonyl (C=O) groups excluding carboxylic acids is 4. The molecule has 2 N–H and O–H groups in total. The first kappa shape index (κ1) is 33.0. The van der Waals surface area contributed by atoms with Gasteiger partial charge in [0.1, 0.15) is 0 Å². The summed E-state index contributed by atoms with van der Waals surface area (Å²) in [5, 5.41) is 6.83. The van der Waals surface area contributed by atoms with Crippen molar-refractivity contribution in [2.75, 3.05) is 39.3 Å². The first-order chi connectivity index (χ1) is 21.3. The highest BCUT2D eigenvalue weighted by Crippen LogP contribution is 2.32. The Hall–Kier alpha value is -3.88. The van der Waals surface area contributed by atoms with Gasteiger partial charge in [0, 0.05) is 47.7 Å². The van der Waals surface area contributed by atoms with Crippen molar-refractivity contribution in [3.8, 4) is 0 Å². The quantitative estimate of drug-likeness (QED) is 0.137. The van der Waals surface area contributed by atoms with Crippen LogP contribution in [0.15, 0.2) is 66.8 Å². The van der Waals surface area contributed by atoms with Crippen LogP contribution in [0.25, 0.3) is 11.6 Å². The van der Waals surface area contributed by atoms with Gasteiger partial charge in [0.05, 0.1) is 0 Å². The van der Waals surface area contributed by atoms with E-state index in [1.165, 1.54) is 9.80 Å². The number of benzene rings is 1. The molecule has 2 unspecified atom stereocenters. The number of unbranched alkanes of at least 4 members (excludes halogenated alkanes) is 1. The molecule has 2 heterocycles. The number of amides is 4. The number of rotatable bonds is 14. The summed E-state index contributed by atoms with van der Waals surface area (Å²) >= 11 is 0. The summed E-state index contributed by atoms with van der Waals surface area (Å²) in [4.78, 5) is 54.8. The van der Waals surface area contributed by atoms with Gasteiger partial charge in [-0.15, -0.1) is 0 Å². The lowest BCUT2D eigenvalue weighted by Crippen LogP contribution is -2.43. The molecule has 0 saturated carbocycles. The van der Waals surface area contributed by atoms with Gasteiger partial charge in [-0.05, 0) is 82.8 Å². The third-order valence-electron chi connectivity index (χ3n) is 8.50. The van der Waals surface area contributed by atoms with E-state index >= 15 is 0 Å². The van der Waals surface area contributed by atoms with Crippen LogP contribution < -0.4 is 10.6 Å². The zero-order valence-corrected chi connectivity index (χ0v) is 26.1. The summed E-state index contributed by atoms with van der Waals surface area (Å²) in [5.41, 5.74) is 3.07. The Labute approximate surface area is 261 Å². The Kier molecular flexibility index (Phi) is 12.2. The van der Waals surface area contributed by atoms with Gasteiger partial charge in [-0.3, -0.25) is 29.0 Å². The van der Waals surface area contributed by atoms with E-state index in [-0.39, 0.29) is 35.5 Å². The highest BCUT2D eigenvalue weighted by molar-refractivity contribution is 6.31. The smallest absolute Gasteiger partial charge is 0.261 e. The third-order valence-corrected chi connectivity index (χ3v) is 8.50. The minimum atomic E-state index is -0.319. The number of fused-ring (bicyclic) bond motifs is 3. The molecule has 3 aliphatic rings. The number of carbonyl (C=O) groups is 4. The average Bonchev–Trinajstić information content (AvgIpc) is 3.01. The fourth-order valence-corrected chi connectivity index (χ4v) is 5.99. The van der Waals surface area contributed by atoms with Crippen molar-refractivity contribution < 1.29 is 19.2 Å². The molecule has 0 radical (unpaired) electrons. The predicted molar refractivity (Wildman–Crippen MR) is 175 cm³/mol. The van der Waals surface area contributed by atoms with E-state index in [4.69, 9.17) is 0 Å². The summed E-state index contributed by atoms with van der Waals surface area (Å²) < 4.78 is 0. The van der Waals surface area contributed by atoms with Gasteiger partial charge >= 0.3 is 0 Å². The fraction of sp³-hybridized carbons (Fsp3) is 0.444. The van der Waals surface area contributed by atoms with Crippen molar-refractivity contribution in [1.29, 1.82) is 0 Å². The van der Waals surface area contributed by atoms with Crippen LogP contribution >= 0.6 is 0 Å². The van der Waals surface area contributed by atoms with Crippen LogP contribution in [0.5, 0.6) is 0 Å². The molecule has 0 spiro atoms. The Morgan fingerprint density at radius 1 is 0.886 bits per heavy atom. The van der Waals surface area contributed by atoms with Crippen molar-refractivity contribution >= 4 is 35.3 Å². The molecule has 1 aliphatic carbocycles. The number of allylic oxidation sites excluding steroid dienone is 6. The number of hydrogen-bond donors (Lipinski definition) is 2. The maximum Gasteiger partial charge on any atom is 0.261 e. The van der Waals surface area contributed by atoms with E-state index in [2.05, 4.69) is 42.4 Å². The number of imide groups is 2. The van der Waals surface area contributed by atoms with Crippen molar-refractivity contribution in [1.82, 2.24) is 20.4 Å². The zero-order chi connectivity index (χ0) is 31.5. The summed E-state index contributed by atoms with van der Waals surface area (Å²) in [7, 11) is 0. The molecule has 4 amide bonds. The van der Waals surface area contributed by atoms with E-state index in [1.54, 1.807) is 6.07 Å². The molecule has 2 atom stereocenters. The molecule has 0 saturated heterocycles. The molecule has 0 fully saturated rings. The highest BCUT2D eigenvalue weighted by atomic mass is 16.2. The summed E-state index contributed by atoms with van der Waals surface area (Å²) in [6, 6.07) is 5.49. The Morgan fingerprint density at radius 3 is 2.27 bits per heavy atom. The van der Waals surface area contributed by atoms with Crippen LogP contribution in [0.3, 0.4) is 0 Å². The topological polar surface area (TPSA) is 98.8 Å². The van der Waals surface area contributed by atoms with Gasteiger partial charge in [0.15, 0.2) is 0 Å². The molecule has 2 aliphatic heterocycles. The van der Waals surface area contributed by atoms with Crippen molar-refractivity contribution in [3.63, 3.8) is 0 Å². The zero-order valence-electron chi connectivity index (χ0n) is 26.1. The lowest BCUT2D eigenvalue weighted by Gasteiger charge is -2.29. The Balaban J connectivity index is 1.09. The second-order valence-corrected chi connectivity index (χ2v) is 11.6. The molecule has 0 aromatic heterocycles. The van der Waals surface area contributed by atoms with E-state index in [0.29, 0.717) is 67.6 Å². The van der Waals surface area contributed by atoms with Crippen molar-refractivity contribution in [3.05, 3.63) is 83.5 Å². The molecule has 8 heteroatoms. The molecule has 1 aromatic carbocycles. The van der Waals surface area contributed by atoms with Crippen molar-refractivity contribution in [2.45, 2.75) is 52.4 Å².